The van der Waals surface area contributed by atoms with Gasteiger partial charge in [-0.25, -0.2) is 0 Å². The van der Waals surface area contributed by atoms with E-state index in [1.54, 1.807) is 31.6 Å². The first-order valence-corrected chi connectivity index (χ1v) is 7.52. The first-order valence-electron chi connectivity index (χ1n) is 7.52. The molecule has 0 unspecified atom stereocenters. The summed E-state index contributed by atoms with van der Waals surface area (Å²) in [7, 11) is 1.66. The molecule has 0 bridgehead atoms. The number of amides is 1. The molecule has 0 aliphatic heterocycles. The Bertz CT molecular complexity index is 825. The summed E-state index contributed by atoms with van der Waals surface area (Å²) < 4.78 is 5.30. The third kappa shape index (κ3) is 3.18. The summed E-state index contributed by atoms with van der Waals surface area (Å²) in [4.78, 5) is 19.4. The number of fused-ring (bicyclic) bond motifs is 1. The van der Waals surface area contributed by atoms with Crippen molar-refractivity contribution < 1.29 is 9.53 Å². The van der Waals surface area contributed by atoms with E-state index in [1.807, 2.05) is 25.1 Å². The third-order valence-corrected chi connectivity index (χ3v) is 3.91. The van der Waals surface area contributed by atoms with Gasteiger partial charge in [-0.15, -0.1) is 0 Å². The Morgan fingerprint density at radius 1 is 1.35 bits per heavy atom. The van der Waals surface area contributed by atoms with Crippen LogP contribution in [0.3, 0.4) is 0 Å². The molecular formula is C18H19N3O2. The number of carbonyl (C=O) groups excluding carboxylic acids is 1. The van der Waals surface area contributed by atoms with E-state index in [4.69, 9.17) is 4.74 Å². The van der Waals surface area contributed by atoms with Gasteiger partial charge >= 0.3 is 0 Å². The molecule has 2 aromatic heterocycles. The molecule has 1 amide bonds. The molecule has 2 N–H and O–H groups in total. The molecule has 0 fully saturated rings. The number of benzene rings is 1. The molecule has 0 atom stereocenters. The quantitative estimate of drug-likeness (QED) is 0.761. The molecule has 5 heteroatoms. The maximum absolute atomic E-state index is 12.0. The number of methoxy groups -OCH3 is 1. The van der Waals surface area contributed by atoms with Crippen molar-refractivity contribution in [2.45, 2.75) is 13.3 Å². The van der Waals surface area contributed by atoms with E-state index >= 15 is 0 Å². The number of carbonyl (C=O) groups is 1. The maximum atomic E-state index is 12.0. The molecule has 2 heterocycles. The lowest BCUT2D eigenvalue weighted by atomic mass is 10.1. The van der Waals surface area contributed by atoms with Crippen LogP contribution in [-0.4, -0.2) is 29.5 Å². The van der Waals surface area contributed by atoms with Crippen molar-refractivity contribution in [3.63, 3.8) is 0 Å². The van der Waals surface area contributed by atoms with Gasteiger partial charge in [0.15, 0.2) is 0 Å². The highest BCUT2D eigenvalue weighted by atomic mass is 16.5. The zero-order valence-corrected chi connectivity index (χ0v) is 13.2. The Hall–Kier alpha value is -2.82. The fraction of sp³-hybridized carbons (Fsp3) is 0.222. The number of aryl methyl sites for hydroxylation is 1. The fourth-order valence-electron chi connectivity index (χ4n) is 2.71. The zero-order valence-electron chi connectivity index (χ0n) is 13.2. The lowest BCUT2D eigenvalue weighted by molar-refractivity contribution is 0.0954. The summed E-state index contributed by atoms with van der Waals surface area (Å²) >= 11 is 0. The highest BCUT2D eigenvalue weighted by Gasteiger charge is 2.10. The Labute approximate surface area is 134 Å². The summed E-state index contributed by atoms with van der Waals surface area (Å²) in [5.74, 6) is 0.727. The minimum Gasteiger partial charge on any atom is -0.497 e. The predicted octanol–water partition coefficient (Wildman–Crippen LogP) is 2.85. The smallest absolute Gasteiger partial charge is 0.252 e. The van der Waals surface area contributed by atoms with E-state index in [1.165, 1.54) is 5.56 Å². The topological polar surface area (TPSA) is 67.0 Å². The Morgan fingerprint density at radius 3 is 2.96 bits per heavy atom. The van der Waals surface area contributed by atoms with E-state index in [2.05, 4.69) is 15.3 Å². The summed E-state index contributed by atoms with van der Waals surface area (Å²) in [6, 6.07) is 9.48. The van der Waals surface area contributed by atoms with Crippen molar-refractivity contribution in [3.05, 3.63) is 59.5 Å². The SMILES string of the molecule is COc1ccc2[nH]c(C)c(CCNC(=O)c3cccnc3)c2c1. The summed E-state index contributed by atoms with van der Waals surface area (Å²) in [5, 5.41) is 4.07. The van der Waals surface area contributed by atoms with Crippen LogP contribution in [0.2, 0.25) is 0 Å². The van der Waals surface area contributed by atoms with Crippen molar-refractivity contribution in [1.82, 2.24) is 15.3 Å². The molecule has 1 aromatic carbocycles. The lowest BCUT2D eigenvalue weighted by Crippen LogP contribution is -2.25. The first-order chi connectivity index (χ1) is 11.2. The molecule has 3 rings (SSSR count). The first kappa shape index (κ1) is 15.1. The molecule has 5 nitrogen and oxygen atoms in total. The molecule has 0 spiro atoms. The second-order valence-electron chi connectivity index (χ2n) is 5.39. The van der Waals surface area contributed by atoms with Crippen molar-refractivity contribution in [2.75, 3.05) is 13.7 Å². The van der Waals surface area contributed by atoms with E-state index in [9.17, 15) is 4.79 Å². The normalized spacial score (nSPS) is 10.7. The van der Waals surface area contributed by atoms with Gasteiger partial charge in [0.25, 0.3) is 5.91 Å². The van der Waals surface area contributed by atoms with Gasteiger partial charge in [0, 0.05) is 35.5 Å². The van der Waals surface area contributed by atoms with E-state index in [-0.39, 0.29) is 5.91 Å². The minimum atomic E-state index is -0.104. The number of ether oxygens (including phenoxy) is 1. The predicted molar refractivity (Wildman–Crippen MR) is 89.9 cm³/mol. The Morgan fingerprint density at radius 2 is 2.22 bits per heavy atom. The average Bonchev–Trinajstić information content (AvgIpc) is 2.90. The number of hydrogen-bond acceptors (Lipinski definition) is 3. The van der Waals surface area contributed by atoms with Gasteiger partial charge in [-0.05, 0) is 49.2 Å². The minimum absolute atomic E-state index is 0.104. The van der Waals surface area contributed by atoms with Gasteiger partial charge < -0.3 is 15.0 Å². The van der Waals surface area contributed by atoms with Crippen LogP contribution in [0.1, 0.15) is 21.6 Å². The van der Waals surface area contributed by atoms with Gasteiger partial charge in [-0.1, -0.05) is 0 Å². The molecule has 118 valence electrons. The van der Waals surface area contributed by atoms with Gasteiger partial charge in [0.2, 0.25) is 0 Å². The number of hydrogen-bond donors (Lipinski definition) is 2. The number of aromatic nitrogens is 2. The molecule has 3 aromatic rings. The van der Waals surface area contributed by atoms with Crippen LogP contribution in [0.15, 0.2) is 42.7 Å². The fourth-order valence-corrected chi connectivity index (χ4v) is 2.71. The van der Waals surface area contributed by atoms with Crippen molar-refractivity contribution in [2.24, 2.45) is 0 Å². The molecule has 0 aliphatic carbocycles. The van der Waals surface area contributed by atoms with Gasteiger partial charge in [0.1, 0.15) is 5.75 Å². The molecule has 0 radical (unpaired) electrons. The van der Waals surface area contributed by atoms with Gasteiger partial charge in [-0.3, -0.25) is 9.78 Å². The van der Waals surface area contributed by atoms with E-state index < -0.39 is 0 Å². The van der Waals surface area contributed by atoms with E-state index in [0.29, 0.717) is 12.1 Å². The molecule has 0 saturated carbocycles. The number of nitrogens with one attached hydrogen (secondary N) is 2. The van der Waals surface area contributed by atoms with Crippen LogP contribution >= 0.6 is 0 Å². The summed E-state index contributed by atoms with van der Waals surface area (Å²) in [5.41, 5.74) is 3.97. The van der Waals surface area contributed by atoms with Crippen LogP contribution in [0, 0.1) is 6.92 Å². The zero-order chi connectivity index (χ0) is 16.2. The van der Waals surface area contributed by atoms with Crippen LogP contribution in [0.4, 0.5) is 0 Å². The van der Waals surface area contributed by atoms with Crippen LogP contribution in [0.25, 0.3) is 10.9 Å². The summed E-state index contributed by atoms with van der Waals surface area (Å²) in [6.07, 6.45) is 3.97. The number of rotatable bonds is 5. The average molecular weight is 309 g/mol. The van der Waals surface area contributed by atoms with Crippen LogP contribution < -0.4 is 10.1 Å². The van der Waals surface area contributed by atoms with Crippen molar-refractivity contribution in [1.29, 1.82) is 0 Å². The number of pyridine rings is 1. The molecule has 23 heavy (non-hydrogen) atoms. The second kappa shape index (κ2) is 6.52. The van der Waals surface area contributed by atoms with Crippen LogP contribution in [-0.2, 0) is 6.42 Å². The van der Waals surface area contributed by atoms with Gasteiger partial charge in [-0.2, -0.15) is 0 Å². The number of nitrogens with zero attached hydrogens (tertiary/aromatic N) is 1. The molecular weight excluding hydrogens is 290 g/mol. The second-order valence-corrected chi connectivity index (χ2v) is 5.39. The maximum Gasteiger partial charge on any atom is 0.252 e. The monoisotopic (exact) mass is 309 g/mol. The van der Waals surface area contributed by atoms with E-state index in [0.717, 1.165) is 28.8 Å². The van der Waals surface area contributed by atoms with Crippen molar-refractivity contribution >= 4 is 16.8 Å². The van der Waals surface area contributed by atoms with Gasteiger partial charge in [0.05, 0.1) is 12.7 Å². The highest BCUT2D eigenvalue weighted by molar-refractivity contribution is 5.93. The Balaban J connectivity index is 1.72. The number of aromatic amines is 1. The Kier molecular flexibility index (Phi) is 4.28. The van der Waals surface area contributed by atoms with Crippen LogP contribution in [0.5, 0.6) is 5.75 Å². The standard InChI is InChI=1S/C18H19N3O2/c1-12-15(16-10-14(23-2)5-6-17(16)21-12)7-9-20-18(22)13-4-3-8-19-11-13/h3-6,8,10-11,21H,7,9H2,1-2H3,(H,20,22). The largest absolute Gasteiger partial charge is 0.497 e. The molecule has 0 saturated heterocycles. The summed E-state index contributed by atoms with van der Waals surface area (Å²) in [6.45, 7) is 2.61. The molecule has 0 aliphatic rings. The van der Waals surface area contributed by atoms with Crippen molar-refractivity contribution in [3.8, 4) is 5.75 Å². The third-order valence-electron chi connectivity index (χ3n) is 3.91. The lowest BCUT2D eigenvalue weighted by Gasteiger charge is -2.06. The number of H-pyrrole nitrogens is 1. The highest BCUT2D eigenvalue weighted by Crippen LogP contribution is 2.26.